The van der Waals surface area contributed by atoms with Crippen LogP contribution in [0.1, 0.15) is 0 Å². The average Bonchev–Trinajstić information content (AvgIpc) is 2.19. The smallest absolute Gasteiger partial charge is 0.161 e. The molecule has 0 aromatic heterocycles. The van der Waals surface area contributed by atoms with Gasteiger partial charge in [-0.3, -0.25) is 9.52 Å². The van der Waals surface area contributed by atoms with Crippen molar-refractivity contribution in [3.63, 3.8) is 0 Å². The molecule has 0 saturated carbocycles. The lowest BCUT2D eigenvalue weighted by Crippen LogP contribution is -2.24. The van der Waals surface area contributed by atoms with E-state index in [0.717, 1.165) is 4.90 Å². The highest BCUT2D eigenvalue weighted by Crippen LogP contribution is 2.12. The molecule has 0 atom stereocenters. The Morgan fingerprint density at radius 1 is 1.38 bits per heavy atom. The Labute approximate surface area is 81.8 Å². The van der Waals surface area contributed by atoms with E-state index in [1.54, 1.807) is 0 Å². The molecular weight excluding hydrogens is 184 g/mol. The number of nitrogens with one attached hydrogen (secondary N) is 1. The number of benzene rings is 1. The van der Waals surface area contributed by atoms with Crippen LogP contribution in [-0.4, -0.2) is 18.9 Å². The molecular formula is C9H12N2OS. The zero-order chi connectivity index (χ0) is 9.52. The maximum absolute atomic E-state index is 10.8. The minimum Gasteiger partial charge on any atom is -0.324 e. The monoisotopic (exact) mass is 196 g/mol. The quantitative estimate of drug-likeness (QED) is 0.684. The van der Waals surface area contributed by atoms with E-state index in [9.17, 15) is 4.79 Å². The largest absolute Gasteiger partial charge is 0.324 e. The Hall–Kier alpha value is -0.840. The number of nitrogens with two attached hydrogens (primary N) is 1. The van der Waals surface area contributed by atoms with E-state index in [1.807, 2.05) is 30.3 Å². The maximum Gasteiger partial charge on any atom is 0.161 e. The minimum absolute atomic E-state index is 0.0171. The third-order valence-electron chi connectivity index (χ3n) is 1.43. The highest BCUT2D eigenvalue weighted by atomic mass is 32.2. The molecule has 13 heavy (non-hydrogen) atoms. The molecule has 0 aliphatic rings. The van der Waals surface area contributed by atoms with Gasteiger partial charge in [0.2, 0.25) is 0 Å². The predicted octanol–water partition coefficient (Wildman–Crippen LogP) is 0.811. The third-order valence-corrected chi connectivity index (χ3v) is 2.23. The normalized spacial score (nSPS) is 9.92. The van der Waals surface area contributed by atoms with Crippen LogP contribution in [0.5, 0.6) is 0 Å². The lowest BCUT2D eigenvalue weighted by atomic mass is 10.4. The second-order valence-corrected chi connectivity index (χ2v) is 3.44. The van der Waals surface area contributed by atoms with E-state index < -0.39 is 0 Å². The number of hydrogen-bond acceptors (Lipinski definition) is 4. The van der Waals surface area contributed by atoms with Gasteiger partial charge < -0.3 is 5.73 Å². The third kappa shape index (κ3) is 4.07. The Morgan fingerprint density at radius 2 is 2.08 bits per heavy atom. The van der Waals surface area contributed by atoms with Crippen LogP contribution in [0.15, 0.2) is 35.2 Å². The molecule has 1 aromatic rings. The summed E-state index contributed by atoms with van der Waals surface area (Å²) < 4.78 is 2.94. The van der Waals surface area contributed by atoms with Crippen LogP contribution in [-0.2, 0) is 4.79 Å². The van der Waals surface area contributed by atoms with Crippen molar-refractivity contribution < 1.29 is 4.79 Å². The van der Waals surface area contributed by atoms with Crippen LogP contribution in [0.2, 0.25) is 0 Å². The Bertz CT molecular complexity index is 264. The van der Waals surface area contributed by atoms with E-state index in [4.69, 9.17) is 5.73 Å². The van der Waals surface area contributed by atoms with E-state index in [-0.39, 0.29) is 12.3 Å². The van der Waals surface area contributed by atoms with Gasteiger partial charge in [-0.25, -0.2) is 0 Å². The second-order valence-electron chi connectivity index (χ2n) is 2.48. The highest BCUT2D eigenvalue weighted by molar-refractivity contribution is 7.97. The van der Waals surface area contributed by atoms with Gasteiger partial charge in [-0.05, 0) is 24.1 Å². The van der Waals surface area contributed by atoms with Crippen molar-refractivity contribution in [2.75, 3.05) is 13.1 Å². The predicted molar refractivity (Wildman–Crippen MR) is 54.4 cm³/mol. The summed E-state index contributed by atoms with van der Waals surface area (Å²) in [5, 5.41) is 0. The fraction of sp³-hybridized carbons (Fsp3) is 0.222. The Morgan fingerprint density at radius 3 is 2.69 bits per heavy atom. The minimum atomic E-state index is 0.0171. The zero-order valence-electron chi connectivity index (χ0n) is 7.19. The van der Waals surface area contributed by atoms with Crippen LogP contribution in [0.3, 0.4) is 0 Å². The van der Waals surface area contributed by atoms with E-state index >= 15 is 0 Å². The first-order chi connectivity index (χ1) is 6.33. The molecule has 1 aromatic carbocycles. The molecule has 0 amide bonds. The van der Waals surface area contributed by atoms with Gasteiger partial charge in [-0.2, -0.15) is 0 Å². The summed E-state index contributed by atoms with van der Waals surface area (Å²) in [6.07, 6.45) is 0. The van der Waals surface area contributed by atoms with Gasteiger partial charge in [0.15, 0.2) is 5.78 Å². The van der Waals surface area contributed by atoms with Crippen molar-refractivity contribution in [2.24, 2.45) is 5.73 Å². The first-order valence-corrected chi connectivity index (χ1v) is 4.81. The summed E-state index contributed by atoms with van der Waals surface area (Å²) in [5.74, 6) is 0.0171. The number of ketones is 1. The fourth-order valence-electron chi connectivity index (χ4n) is 0.761. The van der Waals surface area contributed by atoms with Crippen molar-refractivity contribution in [3.8, 4) is 0 Å². The molecule has 0 aliphatic heterocycles. The second kappa shape index (κ2) is 5.75. The first-order valence-electron chi connectivity index (χ1n) is 3.99. The Kier molecular flexibility index (Phi) is 4.53. The highest BCUT2D eigenvalue weighted by Gasteiger charge is 1.97. The SMILES string of the molecule is NCC(=O)CNSc1ccccc1. The van der Waals surface area contributed by atoms with E-state index in [1.165, 1.54) is 11.9 Å². The summed E-state index contributed by atoms with van der Waals surface area (Å²) in [5.41, 5.74) is 5.15. The molecule has 70 valence electrons. The number of Topliss-reactive ketones (excluding diaryl/α,β-unsaturated/α-hetero) is 1. The fourth-order valence-corrected chi connectivity index (χ4v) is 1.45. The van der Waals surface area contributed by atoms with Crippen LogP contribution in [0.25, 0.3) is 0 Å². The zero-order valence-corrected chi connectivity index (χ0v) is 8.01. The number of hydrogen-bond donors (Lipinski definition) is 2. The van der Waals surface area contributed by atoms with Crippen LogP contribution < -0.4 is 10.5 Å². The topological polar surface area (TPSA) is 55.1 Å². The van der Waals surface area contributed by atoms with Crippen molar-refractivity contribution in [1.29, 1.82) is 0 Å². The van der Waals surface area contributed by atoms with Crippen LogP contribution in [0, 0.1) is 0 Å². The average molecular weight is 196 g/mol. The van der Waals surface area contributed by atoms with Crippen LogP contribution in [0.4, 0.5) is 0 Å². The molecule has 0 saturated heterocycles. The lowest BCUT2D eigenvalue weighted by molar-refractivity contribution is -0.116. The summed E-state index contributed by atoms with van der Waals surface area (Å²) in [6, 6.07) is 9.81. The molecule has 0 spiro atoms. The van der Waals surface area contributed by atoms with Gasteiger partial charge in [-0.15, -0.1) is 0 Å². The van der Waals surface area contributed by atoms with Gasteiger partial charge in [0, 0.05) is 4.90 Å². The number of carbonyl (C=O) groups is 1. The van der Waals surface area contributed by atoms with Crippen molar-refractivity contribution in [2.45, 2.75) is 4.90 Å². The van der Waals surface area contributed by atoms with Gasteiger partial charge in [0.05, 0.1) is 13.1 Å². The molecule has 0 unspecified atom stereocenters. The van der Waals surface area contributed by atoms with Crippen molar-refractivity contribution >= 4 is 17.7 Å². The maximum atomic E-state index is 10.8. The summed E-state index contributed by atoms with van der Waals surface area (Å²) in [6.45, 7) is 0.415. The molecule has 0 aliphatic carbocycles. The molecule has 0 bridgehead atoms. The van der Waals surface area contributed by atoms with Gasteiger partial charge in [0.1, 0.15) is 0 Å². The van der Waals surface area contributed by atoms with Crippen LogP contribution >= 0.6 is 11.9 Å². The number of carbonyl (C=O) groups excluding carboxylic acids is 1. The van der Waals surface area contributed by atoms with Crippen molar-refractivity contribution in [3.05, 3.63) is 30.3 Å². The van der Waals surface area contributed by atoms with E-state index in [0.29, 0.717) is 6.54 Å². The van der Waals surface area contributed by atoms with Gasteiger partial charge >= 0.3 is 0 Å². The number of rotatable bonds is 5. The standard InChI is InChI=1S/C9H12N2OS/c10-6-8(12)7-11-13-9-4-2-1-3-5-9/h1-5,11H,6-7,10H2. The van der Waals surface area contributed by atoms with Crippen molar-refractivity contribution in [1.82, 2.24) is 4.72 Å². The van der Waals surface area contributed by atoms with Gasteiger partial charge in [-0.1, -0.05) is 18.2 Å². The van der Waals surface area contributed by atoms with E-state index in [2.05, 4.69) is 4.72 Å². The lowest BCUT2D eigenvalue weighted by Gasteiger charge is -2.01. The molecule has 1 rings (SSSR count). The molecule has 3 nitrogen and oxygen atoms in total. The van der Waals surface area contributed by atoms with Gasteiger partial charge in [0.25, 0.3) is 0 Å². The summed E-state index contributed by atoms with van der Waals surface area (Å²) in [7, 11) is 0. The first kappa shape index (κ1) is 10.2. The molecule has 0 fully saturated rings. The molecule has 3 N–H and O–H groups in total. The summed E-state index contributed by atoms with van der Waals surface area (Å²) >= 11 is 1.44. The molecule has 0 radical (unpaired) electrons. The summed E-state index contributed by atoms with van der Waals surface area (Å²) in [4.78, 5) is 11.9. The molecule has 4 heteroatoms. The molecule has 0 heterocycles. The Balaban J connectivity index is 2.24.